The summed E-state index contributed by atoms with van der Waals surface area (Å²) >= 11 is 0. The summed E-state index contributed by atoms with van der Waals surface area (Å²) < 4.78 is 41.6. The molecule has 0 aliphatic carbocycles. The highest BCUT2D eigenvalue weighted by Crippen LogP contribution is 2.23. The van der Waals surface area contributed by atoms with E-state index in [0.29, 0.717) is 5.65 Å². The van der Waals surface area contributed by atoms with Gasteiger partial charge in [-0.15, -0.1) is 0 Å². The van der Waals surface area contributed by atoms with Gasteiger partial charge in [0.1, 0.15) is 34.6 Å². The average Bonchev–Trinajstić information content (AvgIpc) is 2.76. The van der Waals surface area contributed by atoms with Crippen LogP contribution < -0.4 is 5.32 Å². The van der Waals surface area contributed by atoms with Crippen LogP contribution in [-0.2, 0) is 0 Å². The van der Waals surface area contributed by atoms with Gasteiger partial charge in [-0.3, -0.25) is 4.40 Å². The molecule has 0 spiro atoms. The monoisotopic (exact) mass is 263 g/mol. The molecule has 2 aromatic heterocycles. The lowest BCUT2D eigenvalue weighted by Gasteiger charge is -2.08. The third-order valence-electron chi connectivity index (χ3n) is 2.69. The number of halogens is 3. The minimum atomic E-state index is -0.730. The Morgan fingerprint density at radius 2 is 1.74 bits per heavy atom. The lowest BCUT2D eigenvalue weighted by Crippen LogP contribution is -2.00. The van der Waals surface area contributed by atoms with E-state index in [1.807, 2.05) is 0 Å². The summed E-state index contributed by atoms with van der Waals surface area (Å²) in [6.07, 6.45) is 2.56. The molecule has 0 saturated heterocycles. The Kier molecular flexibility index (Phi) is 2.63. The van der Waals surface area contributed by atoms with E-state index in [4.69, 9.17) is 0 Å². The van der Waals surface area contributed by atoms with Gasteiger partial charge in [-0.2, -0.15) is 0 Å². The molecule has 0 unspecified atom stereocenters. The number of hydrogen-bond acceptors (Lipinski definition) is 2. The minimum absolute atomic E-state index is 0.276. The van der Waals surface area contributed by atoms with E-state index in [-0.39, 0.29) is 11.5 Å². The van der Waals surface area contributed by atoms with Crippen molar-refractivity contribution in [2.45, 2.75) is 0 Å². The van der Waals surface area contributed by atoms with Crippen LogP contribution in [0.2, 0.25) is 0 Å². The Labute approximate surface area is 106 Å². The molecule has 0 amide bonds. The van der Waals surface area contributed by atoms with Crippen molar-refractivity contribution in [3.63, 3.8) is 0 Å². The van der Waals surface area contributed by atoms with E-state index >= 15 is 0 Å². The Bertz CT molecular complexity index is 732. The summed E-state index contributed by atoms with van der Waals surface area (Å²) in [5.41, 5.74) is 0.175. The fourth-order valence-corrected chi connectivity index (χ4v) is 1.79. The summed E-state index contributed by atoms with van der Waals surface area (Å²) in [6, 6.07) is 6.27. The van der Waals surface area contributed by atoms with Crippen LogP contribution in [0.25, 0.3) is 5.65 Å². The number of para-hydroxylation sites is 1. The number of fused-ring (bicyclic) bond motifs is 1. The van der Waals surface area contributed by atoms with Gasteiger partial charge in [-0.05, 0) is 24.3 Å². The fraction of sp³-hybridized carbons (Fsp3) is 0. The van der Waals surface area contributed by atoms with Gasteiger partial charge in [0, 0.05) is 6.20 Å². The predicted octanol–water partition coefficient (Wildman–Crippen LogP) is 3.50. The number of imidazole rings is 1. The molecule has 3 nitrogen and oxygen atoms in total. The molecule has 3 rings (SSSR count). The number of nitrogens with one attached hydrogen (secondary N) is 1. The molecule has 0 aliphatic heterocycles. The van der Waals surface area contributed by atoms with E-state index in [1.165, 1.54) is 35.0 Å². The largest absolute Gasteiger partial charge is 0.335 e. The van der Waals surface area contributed by atoms with Gasteiger partial charge in [-0.1, -0.05) is 6.07 Å². The van der Waals surface area contributed by atoms with E-state index < -0.39 is 17.5 Å². The van der Waals surface area contributed by atoms with Gasteiger partial charge in [0.25, 0.3) is 0 Å². The Balaban J connectivity index is 2.08. The zero-order valence-corrected chi connectivity index (χ0v) is 9.57. The zero-order valence-electron chi connectivity index (χ0n) is 9.57. The molecular weight excluding hydrogens is 255 g/mol. The first-order chi connectivity index (χ1) is 9.15. The zero-order chi connectivity index (χ0) is 13.4. The highest BCUT2D eigenvalue weighted by molar-refractivity contribution is 5.61. The molecule has 1 N–H and O–H groups in total. The van der Waals surface area contributed by atoms with Crippen molar-refractivity contribution in [3.8, 4) is 0 Å². The van der Waals surface area contributed by atoms with Crippen LogP contribution in [0.5, 0.6) is 0 Å². The summed E-state index contributed by atoms with van der Waals surface area (Å²) in [7, 11) is 0. The maximum atomic E-state index is 13.5. The van der Waals surface area contributed by atoms with Gasteiger partial charge >= 0.3 is 0 Å². The van der Waals surface area contributed by atoms with Crippen molar-refractivity contribution in [1.29, 1.82) is 0 Å². The second-order valence-corrected chi connectivity index (χ2v) is 3.94. The van der Waals surface area contributed by atoms with Crippen molar-refractivity contribution in [2.24, 2.45) is 0 Å². The second-order valence-electron chi connectivity index (χ2n) is 3.94. The van der Waals surface area contributed by atoms with Gasteiger partial charge in [0.15, 0.2) is 0 Å². The SMILES string of the molecule is Fc1ccc2ncc(Nc3c(F)cccc3F)n2c1. The molecular formula is C13H8F3N3. The van der Waals surface area contributed by atoms with Gasteiger partial charge in [0.2, 0.25) is 0 Å². The van der Waals surface area contributed by atoms with Crippen LogP contribution in [0, 0.1) is 17.5 Å². The van der Waals surface area contributed by atoms with E-state index in [0.717, 1.165) is 12.1 Å². The molecule has 3 aromatic rings. The quantitative estimate of drug-likeness (QED) is 0.766. The van der Waals surface area contributed by atoms with Gasteiger partial charge in [0.05, 0.1) is 6.20 Å². The summed E-state index contributed by atoms with van der Waals surface area (Å²) in [4.78, 5) is 4.00. The van der Waals surface area contributed by atoms with Crippen molar-refractivity contribution in [3.05, 3.63) is 60.2 Å². The molecule has 1 aromatic carbocycles. The van der Waals surface area contributed by atoms with Gasteiger partial charge < -0.3 is 5.32 Å². The molecule has 0 saturated carbocycles. The van der Waals surface area contributed by atoms with E-state index in [9.17, 15) is 13.2 Å². The van der Waals surface area contributed by atoms with Crippen LogP contribution in [0.4, 0.5) is 24.7 Å². The molecule has 6 heteroatoms. The maximum Gasteiger partial charge on any atom is 0.149 e. The summed E-state index contributed by atoms with van der Waals surface area (Å²) in [5.74, 6) is -1.65. The van der Waals surface area contributed by atoms with Crippen LogP contribution in [-0.4, -0.2) is 9.38 Å². The number of pyridine rings is 1. The maximum absolute atomic E-state index is 13.5. The van der Waals surface area contributed by atoms with Crippen LogP contribution >= 0.6 is 0 Å². The third-order valence-corrected chi connectivity index (χ3v) is 2.69. The summed E-state index contributed by atoms with van der Waals surface area (Å²) in [5, 5.41) is 2.57. The van der Waals surface area contributed by atoms with E-state index in [1.54, 1.807) is 0 Å². The highest BCUT2D eigenvalue weighted by Gasteiger charge is 2.11. The molecule has 0 bridgehead atoms. The Morgan fingerprint density at radius 3 is 2.47 bits per heavy atom. The fourth-order valence-electron chi connectivity index (χ4n) is 1.79. The number of anilines is 2. The Morgan fingerprint density at radius 1 is 1.00 bits per heavy atom. The van der Waals surface area contributed by atoms with Crippen molar-refractivity contribution in [2.75, 3.05) is 5.32 Å². The summed E-state index contributed by atoms with van der Waals surface area (Å²) in [6.45, 7) is 0. The first-order valence-electron chi connectivity index (χ1n) is 5.49. The molecule has 0 atom stereocenters. The molecule has 0 fully saturated rings. The number of nitrogens with zero attached hydrogens (tertiary/aromatic N) is 2. The van der Waals surface area contributed by atoms with E-state index in [2.05, 4.69) is 10.3 Å². The lowest BCUT2D eigenvalue weighted by atomic mass is 10.3. The first-order valence-corrected chi connectivity index (χ1v) is 5.49. The lowest BCUT2D eigenvalue weighted by molar-refractivity contribution is 0.590. The third kappa shape index (κ3) is 2.01. The normalized spacial score (nSPS) is 10.9. The molecule has 19 heavy (non-hydrogen) atoms. The Hall–Kier alpha value is -2.50. The van der Waals surface area contributed by atoms with Crippen molar-refractivity contribution in [1.82, 2.24) is 9.38 Å². The molecule has 0 radical (unpaired) electrons. The highest BCUT2D eigenvalue weighted by atomic mass is 19.1. The molecule has 0 aliphatic rings. The second kappa shape index (κ2) is 4.31. The average molecular weight is 263 g/mol. The minimum Gasteiger partial charge on any atom is -0.335 e. The van der Waals surface area contributed by atoms with Crippen LogP contribution in [0.15, 0.2) is 42.7 Å². The first kappa shape index (κ1) is 11.6. The number of hydrogen-bond donors (Lipinski definition) is 1. The predicted molar refractivity (Wildman–Crippen MR) is 64.8 cm³/mol. The van der Waals surface area contributed by atoms with Crippen LogP contribution in [0.3, 0.4) is 0 Å². The molecule has 96 valence electrons. The number of aromatic nitrogens is 2. The topological polar surface area (TPSA) is 29.3 Å². The number of rotatable bonds is 2. The standard InChI is InChI=1S/C13H8F3N3/c14-8-4-5-11-17-6-12(19(11)7-8)18-13-9(15)2-1-3-10(13)16/h1-7,18H. The smallest absolute Gasteiger partial charge is 0.149 e. The van der Waals surface area contributed by atoms with Crippen LogP contribution in [0.1, 0.15) is 0 Å². The number of benzene rings is 1. The van der Waals surface area contributed by atoms with Crippen molar-refractivity contribution < 1.29 is 13.2 Å². The molecule has 2 heterocycles. The van der Waals surface area contributed by atoms with Gasteiger partial charge in [-0.25, -0.2) is 18.2 Å². The van der Waals surface area contributed by atoms with Crippen molar-refractivity contribution >= 4 is 17.2 Å².